The van der Waals surface area contributed by atoms with Crippen molar-refractivity contribution in [3.8, 4) is 0 Å². The molecule has 0 saturated heterocycles. The van der Waals surface area contributed by atoms with Crippen molar-refractivity contribution in [2.75, 3.05) is 25.1 Å². The standard InChI is InChI=1S/C24H35NO3/c1-4-27-8-9-28-14-18-6-5-7-20(10-18)25-21(26)24-13-19-11-22(2,16-24)15-23(3,12-19)17-24/h5-7,10,19H,4,8-9,11-17H2,1-3H3,(H,25,26). The molecule has 4 fully saturated rings. The molecule has 4 heteroatoms. The van der Waals surface area contributed by atoms with Crippen LogP contribution in [-0.2, 0) is 20.9 Å². The molecule has 2 atom stereocenters. The summed E-state index contributed by atoms with van der Waals surface area (Å²) in [6.07, 6.45) is 7.10. The lowest BCUT2D eigenvalue weighted by molar-refractivity contribution is -0.165. The van der Waals surface area contributed by atoms with Gasteiger partial charge in [-0.2, -0.15) is 0 Å². The summed E-state index contributed by atoms with van der Waals surface area (Å²) in [5.74, 6) is 0.963. The number of carbonyl (C=O) groups excluding carboxylic acids is 1. The van der Waals surface area contributed by atoms with Gasteiger partial charge in [0.2, 0.25) is 5.91 Å². The topological polar surface area (TPSA) is 47.6 Å². The van der Waals surface area contributed by atoms with E-state index in [1.165, 1.54) is 19.3 Å². The Bertz CT molecular complexity index is 712. The van der Waals surface area contributed by atoms with Gasteiger partial charge in [-0.25, -0.2) is 0 Å². The second-order valence-corrected chi connectivity index (χ2v) is 10.3. The summed E-state index contributed by atoms with van der Waals surface area (Å²) in [7, 11) is 0. The van der Waals surface area contributed by atoms with Crippen LogP contribution < -0.4 is 5.32 Å². The van der Waals surface area contributed by atoms with Crippen molar-refractivity contribution in [3.05, 3.63) is 29.8 Å². The van der Waals surface area contributed by atoms with E-state index in [-0.39, 0.29) is 11.3 Å². The smallest absolute Gasteiger partial charge is 0.230 e. The summed E-state index contributed by atoms with van der Waals surface area (Å²) in [6, 6.07) is 8.08. The number of anilines is 1. The van der Waals surface area contributed by atoms with Crippen molar-refractivity contribution in [1.82, 2.24) is 0 Å². The number of nitrogens with one attached hydrogen (secondary N) is 1. The van der Waals surface area contributed by atoms with Crippen molar-refractivity contribution in [3.63, 3.8) is 0 Å². The van der Waals surface area contributed by atoms with Crippen LogP contribution in [0, 0.1) is 22.2 Å². The number of hydrogen-bond acceptors (Lipinski definition) is 3. The molecule has 4 saturated carbocycles. The van der Waals surface area contributed by atoms with Gasteiger partial charge in [0.1, 0.15) is 0 Å². The van der Waals surface area contributed by atoms with Crippen LogP contribution >= 0.6 is 0 Å². The van der Waals surface area contributed by atoms with E-state index in [1.54, 1.807) is 0 Å². The minimum Gasteiger partial charge on any atom is -0.379 e. The fourth-order valence-electron chi connectivity index (χ4n) is 7.16. The number of carbonyl (C=O) groups is 1. The highest BCUT2D eigenvalue weighted by Gasteiger charge is 2.62. The van der Waals surface area contributed by atoms with Crippen molar-refractivity contribution < 1.29 is 14.3 Å². The number of ether oxygens (including phenoxy) is 2. The predicted octanol–water partition coefficient (Wildman–Crippen LogP) is 5.17. The van der Waals surface area contributed by atoms with E-state index in [0.29, 0.717) is 37.3 Å². The van der Waals surface area contributed by atoms with Crippen LogP contribution in [0.3, 0.4) is 0 Å². The van der Waals surface area contributed by atoms with Crippen molar-refractivity contribution in [2.45, 2.75) is 65.9 Å². The van der Waals surface area contributed by atoms with Crippen LogP contribution in [0.4, 0.5) is 5.69 Å². The molecular weight excluding hydrogens is 350 g/mol. The van der Waals surface area contributed by atoms with Crippen LogP contribution in [0.5, 0.6) is 0 Å². The van der Waals surface area contributed by atoms with Crippen molar-refractivity contribution in [2.24, 2.45) is 22.2 Å². The van der Waals surface area contributed by atoms with E-state index in [1.807, 2.05) is 31.2 Å². The fraction of sp³-hybridized carbons (Fsp3) is 0.708. The molecule has 0 radical (unpaired) electrons. The fourth-order valence-corrected chi connectivity index (χ4v) is 7.16. The summed E-state index contributed by atoms with van der Waals surface area (Å²) in [5.41, 5.74) is 2.50. The Kier molecular flexibility index (Phi) is 5.30. The Morgan fingerprint density at radius 1 is 1.07 bits per heavy atom. The highest BCUT2D eigenvalue weighted by Crippen LogP contribution is 2.69. The zero-order valence-corrected chi connectivity index (χ0v) is 17.7. The van der Waals surface area contributed by atoms with Crippen LogP contribution in [-0.4, -0.2) is 25.7 Å². The monoisotopic (exact) mass is 385 g/mol. The third kappa shape index (κ3) is 3.99. The minimum absolute atomic E-state index is 0.174. The molecule has 1 N–H and O–H groups in total. The predicted molar refractivity (Wildman–Crippen MR) is 111 cm³/mol. The molecule has 154 valence electrons. The van der Waals surface area contributed by atoms with Crippen LogP contribution in [0.2, 0.25) is 0 Å². The molecule has 1 aromatic carbocycles. The Hall–Kier alpha value is -1.39. The maximum Gasteiger partial charge on any atom is 0.230 e. The van der Waals surface area contributed by atoms with Gasteiger partial charge in [0, 0.05) is 12.3 Å². The maximum absolute atomic E-state index is 13.4. The molecule has 0 aromatic heterocycles. The quantitative estimate of drug-likeness (QED) is 0.628. The largest absolute Gasteiger partial charge is 0.379 e. The molecule has 5 rings (SSSR count). The van der Waals surface area contributed by atoms with E-state index < -0.39 is 0 Å². The average molecular weight is 386 g/mol. The molecule has 1 amide bonds. The second-order valence-electron chi connectivity index (χ2n) is 10.3. The number of amides is 1. The maximum atomic E-state index is 13.4. The molecule has 0 spiro atoms. The zero-order valence-electron chi connectivity index (χ0n) is 17.7. The summed E-state index contributed by atoms with van der Waals surface area (Å²) in [6.45, 7) is 9.28. The third-order valence-electron chi connectivity index (χ3n) is 7.14. The molecule has 2 unspecified atom stereocenters. The van der Waals surface area contributed by atoms with Gasteiger partial charge in [-0.3, -0.25) is 4.79 Å². The van der Waals surface area contributed by atoms with Gasteiger partial charge < -0.3 is 14.8 Å². The average Bonchev–Trinajstić information content (AvgIpc) is 2.59. The highest BCUT2D eigenvalue weighted by molar-refractivity contribution is 5.95. The van der Waals surface area contributed by atoms with Gasteiger partial charge in [0.25, 0.3) is 0 Å². The third-order valence-corrected chi connectivity index (χ3v) is 7.14. The summed E-state index contributed by atoms with van der Waals surface area (Å²) >= 11 is 0. The summed E-state index contributed by atoms with van der Waals surface area (Å²) in [4.78, 5) is 13.4. The zero-order chi connectivity index (χ0) is 19.8. The van der Waals surface area contributed by atoms with Gasteiger partial charge in [-0.1, -0.05) is 26.0 Å². The van der Waals surface area contributed by atoms with E-state index in [9.17, 15) is 4.79 Å². The summed E-state index contributed by atoms with van der Waals surface area (Å²) in [5, 5.41) is 3.27. The van der Waals surface area contributed by atoms with Gasteiger partial charge >= 0.3 is 0 Å². The van der Waals surface area contributed by atoms with Crippen LogP contribution in [0.25, 0.3) is 0 Å². The lowest BCUT2D eigenvalue weighted by Crippen LogP contribution is -2.58. The number of benzene rings is 1. The Balaban J connectivity index is 1.41. The molecule has 4 aliphatic carbocycles. The summed E-state index contributed by atoms with van der Waals surface area (Å²) < 4.78 is 11.0. The Morgan fingerprint density at radius 2 is 1.79 bits per heavy atom. The molecule has 4 nitrogen and oxygen atoms in total. The van der Waals surface area contributed by atoms with Gasteiger partial charge in [0.05, 0.1) is 25.2 Å². The van der Waals surface area contributed by atoms with E-state index >= 15 is 0 Å². The first-order valence-electron chi connectivity index (χ1n) is 10.9. The van der Waals surface area contributed by atoms with Gasteiger partial charge in [-0.05, 0) is 79.9 Å². The Labute approximate surface area is 169 Å². The highest BCUT2D eigenvalue weighted by atomic mass is 16.5. The van der Waals surface area contributed by atoms with Crippen molar-refractivity contribution >= 4 is 11.6 Å². The molecule has 4 bridgehead atoms. The number of hydrogen-bond donors (Lipinski definition) is 1. The van der Waals surface area contributed by atoms with Crippen LogP contribution in [0.1, 0.15) is 64.9 Å². The molecular formula is C24H35NO3. The van der Waals surface area contributed by atoms with Gasteiger partial charge in [0.15, 0.2) is 0 Å². The van der Waals surface area contributed by atoms with Gasteiger partial charge in [-0.15, -0.1) is 0 Å². The SMILES string of the molecule is CCOCCOCc1cccc(NC(=O)C23CC4CC(C)(CC(C)(C4)C2)C3)c1. The Morgan fingerprint density at radius 3 is 2.46 bits per heavy atom. The molecule has 0 heterocycles. The van der Waals surface area contributed by atoms with E-state index in [4.69, 9.17) is 9.47 Å². The first-order valence-corrected chi connectivity index (χ1v) is 10.9. The molecule has 28 heavy (non-hydrogen) atoms. The molecule has 1 aromatic rings. The van der Waals surface area contributed by atoms with E-state index in [0.717, 1.165) is 36.4 Å². The number of rotatable bonds is 8. The van der Waals surface area contributed by atoms with E-state index in [2.05, 4.69) is 19.2 Å². The molecule has 0 aliphatic heterocycles. The minimum atomic E-state index is -0.174. The molecule has 4 aliphatic rings. The first-order chi connectivity index (χ1) is 13.3. The van der Waals surface area contributed by atoms with Crippen molar-refractivity contribution in [1.29, 1.82) is 0 Å². The lowest BCUT2D eigenvalue weighted by Gasteiger charge is -2.64. The second kappa shape index (κ2) is 7.46. The lowest BCUT2D eigenvalue weighted by atomic mass is 9.40. The van der Waals surface area contributed by atoms with Crippen LogP contribution in [0.15, 0.2) is 24.3 Å². The first kappa shape index (κ1) is 19.9. The normalized spacial score (nSPS) is 35.9.